The summed E-state index contributed by atoms with van der Waals surface area (Å²) < 4.78 is 5.24. The number of benzene rings is 1. The Bertz CT molecular complexity index is 1020. The summed E-state index contributed by atoms with van der Waals surface area (Å²) in [6, 6.07) is 9.88. The van der Waals surface area contributed by atoms with Gasteiger partial charge in [-0.1, -0.05) is 36.3 Å². The first-order valence-electron chi connectivity index (χ1n) is 9.34. The molecule has 0 aliphatic rings. The lowest BCUT2D eigenvalue weighted by molar-refractivity contribution is -0.121. The van der Waals surface area contributed by atoms with Crippen molar-refractivity contribution in [1.82, 2.24) is 20.4 Å². The molecular formula is C21H24N4O3. The molecule has 0 unspecified atom stereocenters. The third-order valence-electron chi connectivity index (χ3n) is 4.61. The molecule has 7 nitrogen and oxygen atoms in total. The number of amides is 1. The van der Waals surface area contributed by atoms with Crippen LogP contribution in [0.25, 0.3) is 11.4 Å². The Labute approximate surface area is 163 Å². The van der Waals surface area contributed by atoms with Gasteiger partial charge in [0.25, 0.3) is 5.56 Å². The molecule has 0 saturated carbocycles. The molecule has 0 aliphatic carbocycles. The fourth-order valence-corrected chi connectivity index (χ4v) is 2.96. The minimum absolute atomic E-state index is 0.173. The predicted octanol–water partition coefficient (Wildman–Crippen LogP) is 2.85. The Morgan fingerprint density at radius 3 is 2.64 bits per heavy atom. The lowest BCUT2D eigenvalue weighted by Crippen LogP contribution is -2.28. The minimum Gasteiger partial charge on any atom is -0.352 e. The zero-order valence-electron chi connectivity index (χ0n) is 16.3. The van der Waals surface area contributed by atoms with Gasteiger partial charge in [0.05, 0.1) is 0 Å². The van der Waals surface area contributed by atoms with E-state index < -0.39 is 0 Å². The molecule has 0 spiro atoms. The first-order valence-corrected chi connectivity index (χ1v) is 9.34. The molecule has 1 amide bonds. The number of hydrogen-bond acceptors (Lipinski definition) is 5. The normalized spacial score (nSPS) is 10.8. The molecule has 0 saturated heterocycles. The second-order valence-electron chi connectivity index (χ2n) is 6.78. The highest BCUT2D eigenvalue weighted by Gasteiger charge is 2.12. The Morgan fingerprint density at radius 1 is 1.21 bits per heavy atom. The van der Waals surface area contributed by atoms with Crippen LogP contribution in [0.15, 0.2) is 39.6 Å². The van der Waals surface area contributed by atoms with Gasteiger partial charge < -0.3 is 14.8 Å². The van der Waals surface area contributed by atoms with Crippen molar-refractivity contribution in [2.75, 3.05) is 0 Å². The van der Waals surface area contributed by atoms with Gasteiger partial charge >= 0.3 is 0 Å². The van der Waals surface area contributed by atoms with Crippen LogP contribution in [0.5, 0.6) is 0 Å². The van der Waals surface area contributed by atoms with Crippen molar-refractivity contribution in [3.8, 4) is 11.4 Å². The maximum Gasteiger partial charge on any atom is 0.253 e. The number of H-pyrrole nitrogens is 1. The van der Waals surface area contributed by atoms with E-state index in [1.807, 2.05) is 44.2 Å². The van der Waals surface area contributed by atoms with E-state index in [1.54, 1.807) is 0 Å². The van der Waals surface area contributed by atoms with Crippen molar-refractivity contribution in [2.45, 2.75) is 46.6 Å². The van der Waals surface area contributed by atoms with E-state index in [4.69, 9.17) is 4.52 Å². The highest BCUT2D eigenvalue weighted by molar-refractivity contribution is 5.76. The van der Waals surface area contributed by atoms with Gasteiger partial charge in [-0.15, -0.1) is 0 Å². The van der Waals surface area contributed by atoms with E-state index in [9.17, 15) is 9.59 Å². The number of rotatable bonds is 7. The summed E-state index contributed by atoms with van der Waals surface area (Å²) in [7, 11) is 0. The van der Waals surface area contributed by atoms with Crippen molar-refractivity contribution < 1.29 is 9.32 Å². The van der Waals surface area contributed by atoms with Crippen LogP contribution in [0.4, 0.5) is 0 Å². The summed E-state index contributed by atoms with van der Waals surface area (Å²) in [5, 5.41) is 6.75. The maximum atomic E-state index is 12.1. The van der Waals surface area contributed by atoms with Crippen LogP contribution < -0.4 is 10.9 Å². The van der Waals surface area contributed by atoms with E-state index in [1.165, 1.54) is 5.56 Å². The lowest BCUT2D eigenvalue weighted by Gasteiger charge is -2.07. The number of carbonyl (C=O) groups excluding carboxylic acids is 1. The van der Waals surface area contributed by atoms with Gasteiger partial charge in [0.1, 0.15) is 0 Å². The van der Waals surface area contributed by atoms with Crippen LogP contribution in [0.1, 0.15) is 41.6 Å². The van der Waals surface area contributed by atoms with Gasteiger partial charge in [-0.2, -0.15) is 4.98 Å². The van der Waals surface area contributed by atoms with Crippen LogP contribution in [0, 0.1) is 13.8 Å². The number of nitrogens with zero attached hydrogens (tertiary/aromatic N) is 2. The zero-order valence-corrected chi connectivity index (χ0v) is 16.3. The third-order valence-corrected chi connectivity index (χ3v) is 4.61. The summed E-state index contributed by atoms with van der Waals surface area (Å²) in [6.45, 7) is 5.98. The summed E-state index contributed by atoms with van der Waals surface area (Å²) in [5.41, 5.74) is 4.17. The van der Waals surface area contributed by atoms with Crippen LogP contribution in [-0.2, 0) is 24.2 Å². The molecule has 146 valence electrons. The SMILES string of the molecule is CCc1ccc(-c2noc(CCC(=O)NCc3c(C)cc(C)[nH]c3=O)n2)cc1. The Kier molecular flexibility index (Phi) is 6.03. The standard InChI is InChI=1S/C21H24N4O3/c1-4-15-5-7-16(8-6-15)20-24-19(28-25-20)10-9-18(26)22-12-17-13(2)11-14(3)23-21(17)27/h5-8,11H,4,9-10,12H2,1-3H3,(H,22,26)(H,23,27). The number of aromatic nitrogens is 3. The van der Waals surface area contributed by atoms with Crippen molar-refractivity contribution >= 4 is 5.91 Å². The molecule has 3 rings (SSSR count). The number of hydrogen-bond donors (Lipinski definition) is 2. The number of pyridine rings is 1. The van der Waals surface area contributed by atoms with E-state index >= 15 is 0 Å². The molecule has 2 aromatic heterocycles. The quantitative estimate of drug-likeness (QED) is 0.656. The topological polar surface area (TPSA) is 101 Å². The van der Waals surface area contributed by atoms with E-state index in [0.717, 1.165) is 23.2 Å². The predicted molar refractivity (Wildman–Crippen MR) is 106 cm³/mol. The Balaban J connectivity index is 1.54. The second kappa shape index (κ2) is 8.65. The average Bonchev–Trinajstić information content (AvgIpc) is 3.14. The molecule has 0 fully saturated rings. The fourth-order valence-electron chi connectivity index (χ4n) is 2.96. The monoisotopic (exact) mass is 380 g/mol. The first-order chi connectivity index (χ1) is 13.5. The molecule has 7 heteroatoms. The molecule has 3 aromatic rings. The van der Waals surface area contributed by atoms with Crippen molar-refractivity contribution in [3.63, 3.8) is 0 Å². The van der Waals surface area contributed by atoms with E-state index in [-0.39, 0.29) is 24.4 Å². The number of aromatic amines is 1. The molecular weight excluding hydrogens is 356 g/mol. The Hall–Kier alpha value is -3.22. The maximum absolute atomic E-state index is 12.1. The lowest BCUT2D eigenvalue weighted by atomic mass is 10.1. The molecule has 0 atom stereocenters. The molecule has 1 aromatic carbocycles. The van der Waals surface area contributed by atoms with Gasteiger partial charge in [0.15, 0.2) is 0 Å². The van der Waals surface area contributed by atoms with Gasteiger partial charge in [0, 0.05) is 36.2 Å². The molecule has 0 bridgehead atoms. The van der Waals surface area contributed by atoms with Crippen molar-refractivity contribution in [1.29, 1.82) is 0 Å². The van der Waals surface area contributed by atoms with Crippen molar-refractivity contribution in [3.05, 3.63) is 69.0 Å². The minimum atomic E-state index is -0.175. The summed E-state index contributed by atoms with van der Waals surface area (Å²) in [5.74, 6) is 0.750. The second-order valence-corrected chi connectivity index (χ2v) is 6.78. The summed E-state index contributed by atoms with van der Waals surface area (Å²) >= 11 is 0. The van der Waals surface area contributed by atoms with Gasteiger partial charge in [-0.25, -0.2) is 0 Å². The van der Waals surface area contributed by atoms with Crippen molar-refractivity contribution in [2.24, 2.45) is 0 Å². The smallest absolute Gasteiger partial charge is 0.253 e. The molecule has 2 N–H and O–H groups in total. The van der Waals surface area contributed by atoms with Gasteiger partial charge in [-0.3, -0.25) is 9.59 Å². The number of aryl methyl sites for hydroxylation is 4. The average molecular weight is 380 g/mol. The van der Waals surface area contributed by atoms with E-state index in [2.05, 4.69) is 27.4 Å². The summed E-state index contributed by atoms with van der Waals surface area (Å²) in [4.78, 5) is 31.2. The largest absolute Gasteiger partial charge is 0.352 e. The highest BCUT2D eigenvalue weighted by Crippen LogP contribution is 2.17. The summed E-state index contributed by atoms with van der Waals surface area (Å²) in [6.07, 6.45) is 1.52. The number of nitrogens with one attached hydrogen (secondary N) is 2. The van der Waals surface area contributed by atoms with Crippen LogP contribution >= 0.6 is 0 Å². The molecule has 28 heavy (non-hydrogen) atoms. The van der Waals surface area contributed by atoms with E-state index in [0.29, 0.717) is 23.7 Å². The van der Waals surface area contributed by atoms with Crippen LogP contribution in [-0.4, -0.2) is 21.0 Å². The number of carbonyl (C=O) groups is 1. The first kappa shape index (κ1) is 19.5. The zero-order chi connectivity index (χ0) is 20.1. The van der Waals surface area contributed by atoms with Gasteiger partial charge in [-0.05, 0) is 37.5 Å². The third kappa shape index (κ3) is 4.73. The fraction of sp³-hybridized carbons (Fsp3) is 0.333. The molecule has 0 aliphatic heterocycles. The van der Waals surface area contributed by atoms with Crippen LogP contribution in [0.3, 0.4) is 0 Å². The Morgan fingerprint density at radius 2 is 1.96 bits per heavy atom. The molecule has 0 radical (unpaired) electrons. The van der Waals surface area contributed by atoms with Gasteiger partial charge in [0.2, 0.25) is 17.6 Å². The highest BCUT2D eigenvalue weighted by atomic mass is 16.5. The van der Waals surface area contributed by atoms with Crippen LogP contribution in [0.2, 0.25) is 0 Å². The molecule has 2 heterocycles.